The maximum Gasteiger partial charge on any atom is 0.243 e. The molecule has 2 aliphatic rings. The smallest absolute Gasteiger partial charge is 0.243 e. The fourth-order valence-corrected chi connectivity index (χ4v) is 5.96. The Bertz CT molecular complexity index is 1090. The minimum Gasteiger partial charge on any atom is -0.326 e. The first-order valence-electron chi connectivity index (χ1n) is 9.78. The Kier molecular flexibility index (Phi) is 5.86. The van der Waals surface area contributed by atoms with Crippen molar-refractivity contribution in [2.45, 2.75) is 29.6 Å². The van der Waals surface area contributed by atoms with E-state index in [1.165, 1.54) is 22.1 Å². The van der Waals surface area contributed by atoms with Gasteiger partial charge in [-0.25, -0.2) is 8.42 Å². The third-order valence-corrected chi connectivity index (χ3v) is 8.42. The van der Waals surface area contributed by atoms with Gasteiger partial charge in [-0.05, 0) is 49.6 Å². The Balaban J connectivity index is 1.42. The van der Waals surface area contributed by atoms with Crippen molar-refractivity contribution in [3.8, 4) is 0 Å². The van der Waals surface area contributed by atoms with Gasteiger partial charge in [-0.3, -0.25) is 9.59 Å². The summed E-state index contributed by atoms with van der Waals surface area (Å²) in [6.45, 7) is 2.50. The number of piperidine rings is 1. The van der Waals surface area contributed by atoms with Crippen LogP contribution in [-0.2, 0) is 19.6 Å². The summed E-state index contributed by atoms with van der Waals surface area (Å²) >= 11 is 1.39. The van der Waals surface area contributed by atoms with E-state index in [1.807, 2.05) is 31.2 Å². The molecule has 2 aliphatic heterocycles. The molecule has 2 aromatic rings. The summed E-state index contributed by atoms with van der Waals surface area (Å²) in [4.78, 5) is 25.2. The predicted molar refractivity (Wildman–Crippen MR) is 117 cm³/mol. The number of sulfonamides is 1. The lowest BCUT2D eigenvalue weighted by Crippen LogP contribution is -2.41. The van der Waals surface area contributed by atoms with Gasteiger partial charge in [0.25, 0.3) is 0 Å². The molecule has 2 amide bonds. The zero-order chi connectivity index (χ0) is 21.3. The van der Waals surface area contributed by atoms with Crippen molar-refractivity contribution in [1.29, 1.82) is 0 Å². The van der Waals surface area contributed by atoms with Crippen molar-refractivity contribution >= 4 is 45.0 Å². The van der Waals surface area contributed by atoms with Crippen LogP contribution in [0.15, 0.2) is 52.3 Å². The van der Waals surface area contributed by atoms with Crippen LogP contribution in [-0.4, -0.2) is 43.4 Å². The lowest BCUT2D eigenvalue weighted by Gasteiger charge is -2.31. The number of hydrogen-bond donors (Lipinski definition) is 2. The molecule has 2 N–H and O–H groups in total. The Hall–Kier alpha value is -2.36. The molecule has 0 saturated carbocycles. The van der Waals surface area contributed by atoms with E-state index in [-0.39, 0.29) is 35.7 Å². The first kappa shape index (κ1) is 20.9. The maximum atomic E-state index is 13.1. The molecule has 0 aliphatic carbocycles. The number of nitrogens with zero attached hydrogens (tertiary/aromatic N) is 1. The molecule has 2 aromatic carbocycles. The number of fused-ring (bicyclic) bond motifs is 1. The molecule has 1 saturated heterocycles. The van der Waals surface area contributed by atoms with E-state index in [0.29, 0.717) is 24.3 Å². The topological polar surface area (TPSA) is 95.6 Å². The second-order valence-electron chi connectivity index (χ2n) is 7.48. The minimum atomic E-state index is -3.69. The third-order valence-electron chi connectivity index (χ3n) is 5.45. The van der Waals surface area contributed by atoms with Gasteiger partial charge in [0.15, 0.2) is 0 Å². The van der Waals surface area contributed by atoms with E-state index in [2.05, 4.69) is 10.6 Å². The number of aryl methyl sites for hydroxylation is 1. The number of nitrogens with one attached hydrogen (secondary N) is 2. The van der Waals surface area contributed by atoms with Crippen LogP contribution in [0.4, 0.5) is 11.4 Å². The first-order chi connectivity index (χ1) is 14.3. The maximum absolute atomic E-state index is 13.1. The molecule has 30 heavy (non-hydrogen) atoms. The van der Waals surface area contributed by atoms with Gasteiger partial charge in [0.2, 0.25) is 21.8 Å². The van der Waals surface area contributed by atoms with E-state index in [1.54, 1.807) is 12.1 Å². The lowest BCUT2D eigenvalue weighted by molar-refractivity contribution is -0.121. The average molecular weight is 446 g/mol. The summed E-state index contributed by atoms with van der Waals surface area (Å²) in [5, 5.41) is 5.68. The third kappa shape index (κ3) is 4.23. The van der Waals surface area contributed by atoms with Gasteiger partial charge in [-0.2, -0.15) is 4.31 Å². The van der Waals surface area contributed by atoms with Gasteiger partial charge >= 0.3 is 0 Å². The van der Waals surface area contributed by atoms with Crippen molar-refractivity contribution in [2.75, 3.05) is 29.5 Å². The van der Waals surface area contributed by atoms with Gasteiger partial charge in [-0.15, -0.1) is 11.8 Å². The number of para-hydroxylation sites is 1. The molecule has 7 nitrogen and oxygen atoms in total. The minimum absolute atomic E-state index is 0.0742. The molecule has 4 rings (SSSR count). The Morgan fingerprint density at radius 3 is 2.63 bits per heavy atom. The summed E-state index contributed by atoms with van der Waals surface area (Å²) in [5.74, 6) is -0.107. The normalized spacial score (nSPS) is 17.8. The van der Waals surface area contributed by atoms with Gasteiger partial charge in [0.05, 0.1) is 16.3 Å². The standard InChI is InChI=1S/C21H23N3O4S2/c1-14-4-2-3-5-17(14)23-21(26)15-8-10-24(11-9-15)30(27,28)16-6-7-19-18(12-16)22-20(25)13-29-19/h2-7,12,15H,8-11,13H2,1H3,(H,22,25)(H,23,26). The van der Waals surface area contributed by atoms with Crippen LogP contribution in [0.1, 0.15) is 18.4 Å². The molecule has 0 atom stereocenters. The Morgan fingerprint density at radius 2 is 1.90 bits per heavy atom. The molecule has 0 bridgehead atoms. The van der Waals surface area contributed by atoms with Crippen molar-refractivity contribution in [3.63, 3.8) is 0 Å². The molecule has 0 radical (unpaired) electrons. The molecular formula is C21H23N3O4S2. The second-order valence-corrected chi connectivity index (χ2v) is 10.4. The van der Waals surface area contributed by atoms with Crippen molar-refractivity contribution < 1.29 is 18.0 Å². The van der Waals surface area contributed by atoms with E-state index in [4.69, 9.17) is 0 Å². The van der Waals surface area contributed by atoms with Gasteiger partial charge < -0.3 is 10.6 Å². The quantitative estimate of drug-likeness (QED) is 0.754. The van der Waals surface area contributed by atoms with Gasteiger partial charge in [0, 0.05) is 29.6 Å². The highest BCUT2D eigenvalue weighted by Crippen LogP contribution is 2.34. The van der Waals surface area contributed by atoms with E-state index >= 15 is 0 Å². The molecule has 0 spiro atoms. The van der Waals surface area contributed by atoms with Crippen LogP contribution in [0, 0.1) is 12.8 Å². The number of carbonyl (C=O) groups is 2. The number of carbonyl (C=O) groups excluding carboxylic acids is 2. The van der Waals surface area contributed by atoms with Crippen LogP contribution < -0.4 is 10.6 Å². The Morgan fingerprint density at radius 1 is 1.17 bits per heavy atom. The largest absolute Gasteiger partial charge is 0.326 e. The highest BCUT2D eigenvalue weighted by molar-refractivity contribution is 8.00. The summed E-state index contributed by atoms with van der Waals surface area (Å²) in [5.41, 5.74) is 2.31. The number of rotatable bonds is 4. The molecule has 0 aromatic heterocycles. The summed E-state index contributed by atoms with van der Waals surface area (Å²) < 4.78 is 27.6. The molecule has 2 heterocycles. The van der Waals surface area contributed by atoms with Crippen molar-refractivity contribution in [2.24, 2.45) is 5.92 Å². The molecule has 158 valence electrons. The molecule has 0 unspecified atom stereocenters. The summed E-state index contributed by atoms with van der Waals surface area (Å²) in [7, 11) is -3.69. The van der Waals surface area contributed by atoms with Crippen LogP contribution in [0.3, 0.4) is 0 Å². The molecule has 9 heteroatoms. The summed E-state index contributed by atoms with van der Waals surface area (Å²) in [6.07, 6.45) is 0.933. The van der Waals surface area contributed by atoms with Crippen LogP contribution in [0.5, 0.6) is 0 Å². The highest BCUT2D eigenvalue weighted by atomic mass is 32.2. The zero-order valence-electron chi connectivity index (χ0n) is 16.6. The number of amides is 2. The highest BCUT2D eigenvalue weighted by Gasteiger charge is 2.33. The SMILES string of the molecule is Cc1ccccc1NC(=O)C1CCN(S(=O)(=O)c2ccc3c(c2)NC(=O)CS3)CC1. The fraction of sp³-hybridized carbons (Fsp3) is 0.333. The van der Waals surface area contributed by atoms with Crippen molar-refractivity contribution in [3.05, 3.63) is 48.0 Å². The van der Waals surface area contributed by atoms with Crippen LogP contribution >= 0.6 is 11.8 Å². The van der Waals surface area contributed by atoms with Gasteiger partial charge in [0.1, 0.15) is 0 Å². The lowest BCUT2D eigenvalue weighted by atomic mass is 9.97. The van der Waals surface area contributed by atoms with E-state index in [9.17, 15) is 18.0 Å². The average Bonchev–Trinajstić information content (AvgIpc) is 2.75. The summed E-state index contributed by atoms with van der Waals surface area (Å²) in [6, 6.07) is 12.4. The number of anilines is 2. The van der Waals surface area contributed by atoms with Crippen LogP contribution in [0.2, 0.25) is 0 Å². The number of hydrogen-bond acceptors (Lipinski definition) is 5. The first-order valence-corrected chi connectivity index (χ1v) is 12.2. The van der Waals surface area contributed by atoms with Gasteiger partial charge in [-0.1, -0.05) is 18.2 Å². The van der Waals surface area contributed by atoms with Crippen LogP contribution in [0.25, 0.3) is 0 Å². The second kappa shape index (κ2) is 8.41. The fourth-order valence-electron chi connectivity index (χ4n) is 3.68. The number of thioether (sulfide) groups is 1. The predicted octanol–water partition coefficient (Wildman–Crippen LogP) is 3.08. The molecule has 1 fully saturated rings. The van der Waals surface area contributed by atoms with Crippen molar-refractivity contribution in [1.82, 2.24) is 4.31 Å². The van der Waals surface area contributed by atoms with E-state index < -0.39 is 10.0 Å². The zero-order valence-corrected chi connectivity index (χ0v) is 18.2. The Labute approximate surface area is 180 Å². The number of benzene rings is 2. The monoisotopic (exact) mass is 445 g/mol. The molecular weight excluding hydrogens is 422 g/mol. The van der Waals surface area contributed by atoms with E-state index in [0.717, 1.165) is 16.1 Å².